The van der Waals surface area contributed by atoms with Crippen LogP contribution in [-0.2, 0) is 0 Å². The van der Waals surface area contributed by atoms with Crippen molar-refractivity contribution in [2.45, 2.75) is 25.9 Å². The van der Waals surface area contributed by atoms with E-state index in [-0.39, 0.29) is 6.10 Å². The second kappa shape index (κ2) is 6.89. The molecule has 1 atom stereocenters. The van der Waals surface area contributed by atoms with Crippen LogP contribution >= 0.6 is 11.3 Å². The fourth-order valence-electron chi connectivity index (χ4n) is 3.25. The number of aliphatic hydroxyl groups excluding tert-OH is 1. The summed E-state index contributed by atoms with van der Waals surface area (Å²) in [5, 5.41) is 11.6. The molecule has 5 nitrogen and oxygen atoms in total. The van der Waals surface area contributed by atoms with Gasteiger partial charge in [0, 0.05) is 20.1 Å². The van der Waals surface area contributed by atoms with Crippen molar-refractivity contribution in [3.05, 3.63) is 17.8 Å². The van der Waals surface area contributed by atoms with Crippen LogP contribution in [0.4, 0.5) is 5.82 Å². The van der Waals surface area contributed by atoms with Gasteiger partial charge in [-0.3, -0.25) is 0 Å². The number of rotatable bonds is 5. The maximum absolute atomic E-state index is 9.48. The average Bonchev–Trinajstić information content (AvgIpc) is 2.97. The van der Waals surface area contributed by atoms with Gasteiger partial charge >= 0.3 is 0 Å². The lowest BCUT2D eigenvalue weighted by atomic mass is 9.96. The Balaban J connectivity index is 1.59. The molecule has 0 radical (unpaired) electrons. The van der Waals surface area contributed by atoms with E-state index in [2.05, 4.69) is 32.2 Å². The molecule has 1 saturated heterocycles. The topological polar surface area (TPSA) is 52.5 Å². The molecule has 1 aliphatic heterocycles. The molecule has 1 aliphatic rings. The molecule has 0 saturated carbocycles. The van der Waals surface area contributed by atoms with Gasteiger partial charge < -0.3 is 14.9 Å². The van der Waals surface area contributed by atoms with Crippen LogP contribution in [0.25, 0.3) is 10.2 Å². The zero-order valence-corrected chi connectivity index (χ0v) is 14.1. The molecule has 0 spiro atoms. The molecular formula is C16H24N4OS. The number of piperidine rings is 1. The number of anilines is 1. The van der Waals surface area contributed by atoms with E-state index in [0.29, 0.717) is 5.92 Å². The van der Waals surface area contributed by atoms with Crippen molar-refractivity contribution in [1.29, 1.82) is 0 Å². The Morgan fingerprint density at radius 1 is 1.41 bits per heavy atom. The molecule has 2 aromatic heterocycles. The minimum atomic E-state index is -0.229. The molecule has 0 aromatic carbocycles. The first-order valence-corrected chi connectivity index (χ1v) is 8.81. The summed E-state index contributed by atoms with van der Waals surface area (Å²) >= 11 is 1.71. The van der Waals surface area contributed by atoms with Gasteiger partial charge in [0.25, 0.3) is 0 Å². The number of β-amino-alcohol motifs (C(OH)–C–C–N with tert-alkyl or cyclic N) is 1. The summed E-state index contributed by atoms with van der Waals surface area (Å²) in [5.41, 5.74) is 1.04. The van der Waals surface area contributed by atoms with Crippen molar-refractivity contribution in [2.75, 3.05) is 38.1 Å². The van der Waals surface area contributed by atoms with Crippen molar-refractivity contribution < 1.29 is 5.11 Å². The van der Waals surface area contributed by atoms with Crippen LogP contribution in [0.5, 0.6) is 0 Å². The molecule has 0 bridgehead atoms. The van der Waals surface area contributed by atoms with Crippen molar-refractivity contribution >= 4 is 27.4 Å². The second-order valence-electron chi connectivity index (χ2n) is 6.31. The van der Waals surface area contributed by atoms with Gasteiger partial charge in [0.1, 0.15) is 12.1 Å². The van der Waals surface area contributed by atoms with Crippen molar-refractivity contribution in [1.82, 2.24) is 14.9 Å². The highest BCUT2D eigenvalue weighted by molar-refractivity contribution is 7.17. The Morgan fingerprint density at radius 3 is 2.91 bits per heavy atom. The van der Waals surface area contributed by atoms with Crippen LogP contribution in [0.1, 0.15) is 19.8 Å². The third-order valence-corrected chi connectivity index (χ3v) is 5.25. The summed E-state index contributed by atoms with van der Waals surface area (Å²) in [5.74, 6) is 1.74. The highest BCUT2D eigenvalue weighted by atomic mass is 32.1. The maximum Gasteiger partial charge on any atom is 0.149 e. The average molecular weight is 320 g/mol. The van der Waals surface area contributed by atoms with Gasteiger partial charge in [-0.15, -0.1) is 11.3 Å². The molecule has 120 valence electrons. The fourth-order valence-corrected chi connectivity index (χ4v) is 4.14. The number of thiophene rings is 1. The van der Waals surface area contributed by atoms with Gasteiger partial charge in [-0.25, -0.2) is 9.97 Å². The second-order valence-corrected chi connectivity index (χ2v) is 7.22. The number of fused-ring (bicyclic) bond motifs is 1. The summed E-state index contributed by atoms with van der Waals surface area (Å²) in [4.78, 5) is 13.4. The lowest BCUT2D eigenvalue weighted by Gasteiger charge is -2.34. The van der Waals surface area contributed by atoms with Crippen molar-refractivity contribution in [2.24, 2.45) is 5.92 Å². The number of nitrogens with zero attached hydrogens (tertiary/aromatic N) is 4. The quantitative estimate of drug-likeness (QED) is 0.915. The monoisotopic (exact) mass is 320 g/mol. The van der Waals surface area contributed by atoms with Crippen LogP contribution in [-0.4, -0.2) is 59.3 Å². The van der Waals surface area contributed by atoms with Gasteiger partial charge in [-0.2, -0.15) is 0 Å². The fraction of sp³-hybridized carbons (Fsp3) is 0.625. The number of aromatic nitrogens is 2. The number of hydrogen-bond donors (Lipinski definition) is 1. The van der Waals surface area contributed by atoms with Gasteiger partial charge in [0.15, 0.2) is 0 Å². The van der Waals surface area contributed by atoms with Gasteiger partial charge in [0.05, 0.1) is 16.3 Å². The molecule has 3 rings (SSSR count). The van der Waals surface area contributed by atoms with Crippen molar-refractivity contribution in [3.8, 4) is 0 Å². The van der Waals surface area contributed by atoms with E-state index < -0.39 is 0 Å². The van der Waals surface area contributed by atoms with Gasteiger partial charge in [-0.1, -0.05) is 0 Å². The standard InChI is InChI=1S/C16H24N4OS/c1-12(21)9-20-6-3-13(4-7-20)10-19(2)16-15-14(5-8-22-15)17-11-18-16/h5,8,11-13,21H,3-4,6-7,9-10H2,1-2H3/t12-/m0/s1. The predicted molar refractivity (Wildman–Crippen MR) is 91.5 cm³/mol. The number of likely N-dealkylation sites (tertiary alicyclic amines) is 1. The Morgan fingerprint density at radius 2 is 2.18 bits per heavy atom. The van der Waals surface area contributed by atoms with Gasteiger partial charge in [0.2, 0.25) is 0 Å². The lowest BCUT2D eigenvalue weighted by molar-refractivity contribution is 0.101. The normalized spacial score (nSPS) is 18.7. The molecule has 0 aliphatic carbocycles. The minimum absolute atomic E-state index is 0.229. The predicted octanol–water partition coefficient (Wildman–Crippen LogP) is 2.22. The van der Waals surface area contributed by atoms with E-state index in [9.17, 15) is 5.11 Å². The number of aliphatic hydroxyl groups is 1. The molecule has 6 heteroatoms. The van der Waals surface area contributed by atoms with E-state index >= 15 is 0 Å². The van der Waals surface area contributed by atoms with Gasteiger partial charge in [-0.05, 0) is 50.2 Å². The molecule has 22 heavy (non-hydrogen) atoms. The first kappa shape index (κ1) is 15.6. The Hall–Kier alpha value is -1.24. The molecule has 0 unspecified atom stereocenters. The molecule has 3 heterocycles. The zero-order chi connectivity index (χ0) is 15.5. The van der Waals surface area contributed by atoms with Crippen LogP contribution in [0.2, 0.25) is 0 Å². The summed E-state index contributed by atoms with van der Waals surface area (Å²) in [7, 11) is 2.13. The Labute approximate surface area is 135 Å². The van der Waals surface area contributed by atoms with Crippen LogP contribution < -0.4 is 4.90 Å². The van der Waals surface area contributed by atoms with Crippen LogP contribution in [0, 0.1) is 5.92 Å². The van der Waals surface area contributed by atoms with E-state index in [1.54, 1.807) is 17.7 Å². The third-order valence-electron chi connectivity index (χ3n) is 4.35. The summed E-state index contributed by atoms with van der Waals surface area (Å²) in [6.07, 6.45) is 3.81. The summed E-state index contributed by atoms with van der Waals surface area (Å²) in [6, 6.07) is 2.05. The Bertz CT molecular complexity index is 607. The lowest BCUT2D eigenvalue weighted by Crippen LogP contribution is -2.40. The first-order valence-electron chi connectivity index (χ1n) is 7.93. The molecule has 1 N–H and O–H groups in total. The highest BCUT2D eigenvalue weighted by Gasteiger charge is 2.22. The molecular weight excluding hydrogens is 296 g/mol. The van der Waals surface area contributed by atoms with E-state index in [4.69, 9.17) is 0 Å². The largest absolute Gasteiger partial charge is 0.392 e. The minimum Gasteiger partial charge on any atom is -0.392 e. The number of hydrogen-bond acceptors (Lipinski definition) is 6. The van der Waals surface area contributed by atoms with E-state index in [0.717, 1.165) is 37.5 Å². The smallest absolute Gasteiger partial charge is 0.149 e. The first-order chi connectivity index (χ1) is 10.6. The van der Waals surface area contributed by atoms with Crippen LogP contribution in [0.3, 0.4) is 0 Å². The van der Waals surface area contributed by atoms with E-state index in [1.807, 2.05) is 13.0 Å². The Kier molecular flexibility index (Phi) is 4.90. The zero-order valence-electron chi connectivity index (χ0n) is 13.3. The highest BCUT2D eigenvalue weighted by Crippen LogP contribution is 2.28. The van der Waals surface area contributed by atoms with Crippen molar-refractivity contribution in [3.63, 3.8) is 0 Å². The van der Waals surface area contributed by atoms with Crippen LogP contribution in [0.15, 0.2) is 17.8 Å². The SMILES string of the molecule is C[C@H](O)CN1CCC(CN(C)c2ncnc3ccsc23)CC1. The molecule has 2 aromatic rings. The summed E-state index contributed by atoms with van der Waals surface area (Å²) < 4.78 is 1.18. The molecule has 0 amide bonds. The summed E-state index contributed by atoms with van der Waals surface area (Å²) in [6.45, 7) is 5.86. The maximum atomic E-state index is 9.48. The molecule has 1 fully saturated rings. The third kappa shape index (κ3) is 3.56. The van der Waals surface area contributed by atoms with E-state index in [1.165, 1.54) is 17.5 Å².